The Labute approximate surface area is 83.6 Å². The zero-order valence-electron chi connectivity index (χ0n) is 8.10. The summed E-state index contributed by atoms with van der Waals surface area (Å²) in [4.78, 5) is 10.6. The normalized spacial score (nSPS) is 30.1. The van der Waals surface area contributed by atoms with Crippen LogP contribution in [0.2, 0.25) is 0 Å². The van der Waals surface area contributed by atoms with Crippen LogP contribution in [0, 0.1) is 17.3 Å². The molecule has 0 spiro atoms. The van der Waals surface area contributed by atoms with Crippen LogP contribution in [0.5, 0.6) is 0 Å². The number of halogens is 4. The highest BCUT2D eigenvalue weighted by atomic mass is 19.3. The van der Waals surface area contributed by atoms with Crippen molar-refractivity contribution in [2.24, 2.45) is 17.3 Å². The topological polar surface area (TPSA) is 37.3 Å². The lowest BCUT2D eigenvalue weighted by Crippen LogP contribution is -2.03. The number of allylic oxidation sites excluding steroid dienone is 2. The largest absolute Gasteiger partial charge is 0.481 e. The van der Waals surface area contributed by atoms with Gasteiger partial charge in [-0.2, -0.15) is 0 Å². The van der Waals surface area contributed by atoms with Gasteiger partial charge in [0.15, 0.2) is 5.83 Å². The highest BCUT2D eigenvalue weighted by molar-refractivity contribution is 5.76. The summed E-state index contributed by atoms with van der Waals surface area (Å²) in [5, 5.41) is 8.63. The van der Waals surface area contributed by atoms with Crippen molar-refractivity contribution < 1.29 is 27.5 Å². The van der Waals surface area contributed by atoms with E-state index in [1.54, 1.807) is 0 Å². The third kappa shape index (κ3) is 1.85. The lowest BCUT2D eigenvalue weighted by atomic mass is 10.1. The summed E-state index contributed by atoms with van der Waals surface area (Å²) in [6.07, 6.45) is -3.53. The van der Waals surface area contributed by atoms with E-state index in [-0.39, 0.29) is 0 Å². The second-order valence-corrected chi connectivity index (χ2v) is 4.11. The molecular weight excluding hydrogens is 216 g/mol. The van der Waals surface area contributed by atoms with E-state index in [0.29, 0.717) is 0 Å². The first-order chi connectivity index (χ1) is 6.71. The van der Waals surface area contributed by atoms with Crippen molar-refractivity contribution in [3.05, 3.63) is 11.7 Å². The highest BCUT2D eigenvalue weighted by Crippen LogP contribution is 2.62. The van der Waals surface area contributed by atoms with Crippen molar-refractivity contribution in [3.63, 3.8) is 0 Å². The molecule has 0 heterocycles. The van der Waals surface area contributed by atoms with Crippen LogP contribution in [-0.2, 0) is 4.79 Å². The Morgan fingerprint density at radius 1 is 1.27 bits per heavy atom. The second-order valence-electron chi connectivity index (χ2n) is 4.11. The molecule has 1 rings (SSSR count). The Balaban J connectivity index is 2.94. The molecule has 1 aliphatic carbocycles. The summed E-state index contributed by atoms with van der Waals surface area (Å²) in [5.74, 6) is -7.52. The monoisotopic (exact) mass is 226 g/mol. The number of rotatable bonds is 3. The number of alkyl halides is 2. The number of carbonyl (C=O) groups is 1. The predicted octanol–water partition coefficient (Wildman–Crippen LogP) is 2.76. The molecule has 1 fully saturated rings. The van der Waals surface area contributed by atoms with E-state index in [4.69, 9.17) is 5.11 Å². The van der Waals surface area contributed by atoms with Gasteiger partial charge in [-0.05, 0) is 5.41 Å². The van der Waals surface area contributed by atoms with Crippen LogP contribution in [0.25, 0.3) is 0 Å². The number of aliphatic carboxylic acids is 1. The second kappa shape index (κ2) is 3.50. The number of hydrogen-bond acceptors (Lipinski definition) is 1. The van der Waals surface area contributed by atoms with Gasteiger partial charge in [-0.3, -0.25) is 4.79 Å². The molecule has 1 N–H and O–H groups in total. The van der Waals surface area contributed by atoms with E-state index in [0.717, 1.165) is 0 Å². The minimum absolute atomic E-state index is 1.01. The Morgan fingerprint density at radius 2 is 1.73 bits per heavy atom. The van der Waals surface area contributed by atoms with Gasteiger partial charge in [0, 0.05) is 5.92 Å². The van der Waals surface area contributed by atoms with Gasteiger partial charge < -0.3 is 5.11 Å². The molecule has 0 aromatic heterocycles. The van der Waals surface area contributed by atoms with Crippen molar-refractivity contribution in [1.82, 2.24) is 0 Å². The van der Waals surface area contributed by atoms with Crippen LogP contribution in [0.4, 0.5) is 17.6 Å². The molecule has 0 amide bonds. The summed E-state index contributed by atoms with van der Waals surface area (Å²) in [5.41, 5.74) is -1.01. The first-order valence-corrected chi connectivity index (χ1v) is 4.27. The van der Waals surface area contributed by atoms with Crippen molar-refractivity contribution in [2.75, 3.05) is 0 Å². The average molecular weight is 226 g/mol. The lowest BCUT2D eigenvalue weighted by Gasteiger charge is -2.01. The molecule has 0 aromatic carbocycles. The smallest absolute Gasteiger partial charge is 0.307 e. The van der Waals surface area contributed by atoms with Gasteiger partial charge in [0.1, 0.15) is 5.83 Å². The molecule has 0 bridgehead atoms. The predicted molar refractivity (Wildman–Crippen MR) is 43.6 cm³/mol. The van der Waals surface area contributed by atoms with Gasteiger partial charge in [-0.1, -0.05) is 13.8 Å². The first kappa shape index (κ1) is 12.0. The number of hydrogen-bond donors (Lipinski definition) is 1. The first-order valence-electron chi connectivity index (χ1n) is 4.27. The standard InChI is InChI=1S/C9H10F4O2/c1-9(2)3(4(9)8(14)15)5(10)6(11)7(12)13/h3-4,7H,1-2H3,(H,14,15)/b6-5+. The molecule has 86 valence electrons. The van der Waals surface area contributed by atoms with E-state index in [1.807, 2.05) is 0 Å². The number of carboxylic acids is 1. The maximum absolute atomic E-state index is 13.1. The maximum atomic E-state index is 13.1. The van der Waals surface area contributed by atoms with Crippen LogP contribution in [0.3, 0.4) is 0 Å². The van der Waals surface area contributed by atoms with Crippen LogP contribution in [0.15, 0.2) is 11.7 Å². The van der Waals surface area contributed by atoms with Gasteiger partial charge in [0.05, 0.1) is 5.92 Å². The van der Waals surface area contributed by atoms with Crippen molar-refractivity contribution in [3.8, 4) is 0 Å². The Kier molecular flexibility index (Phi) is 2.80. The third-order valence-corrected chi connectivity index (χ3v) is 2.79. The van der Waals surface area contributed by atoms with Gasteiger partial charge in [-0.15, -0.1) is 0 Å². The fourth-order valence-corrected chi connectivity index (χ4v) is 1.82. The van der Waals surface area contributed by atoms with Crippen molar-refractivity contribution >= 4 is 5.97 Å². The van der Waals surface area contributed by atoms with Gasteiger partial charge >= 0.3 is 5.97 Å². The Bertz CT molecular complexity index is 322. The minimum Gasteiger partial charge on any atom is -0.481 e. The average Bonchev–Trinajstić information content (AvgIpc) is 2.66. The Hall–Kier alpha value is -1.07. The van der Waals surface area contributed by atoms with E-state index < -0.39 is 41.3 Å². The maximum Gasteiger partial charge on any atom is 0.307 e. The van der Waals surface area contributed by atoms with E-state index >= 15 is 0 Å². The molecule has 0 aliphatic heterocycles. The summed E-state index contributed by atoms with van der Waals surface area (Å²) in [6, 6.07) is 0. The van der Waals surface area contributed by atoms with Crippen molar-refractivity contribution in [1.29, 1.82) is 0 Å². The molecule has 0 aromatic rings. The van der Waals surface area contributed by atoms with Crippen LogP contribution >= 0.6 is 0 Å². The summed E-state index contributed by atoms with van der Waals surface area (Å²) < 4.78 is 49.3. The van der Waals surface area contributed by atoms with Crippen LogP contribution < -0.4 is 0 Å². The molecule has 2 nitrogen and oxygen atoms in total. The van der Waals surface area contributed by atoms with Crippen LogP contribution in [0.1, 0.15) is 13.8 Å². The SMILES string of the molecule is CC1(C)C(C(=O)O)C1/C(F)=C(\F)C(F)F. The quantitative estimate of drug-likeness (QED) is 0.751. The van der Waals surface area contributed by atoms with Gasteiger partial charge in [0.2, 0.25) is 0 Å². The third-order valence-electron chi connectivity index (χ3n) is 2.79. The molecular formula is C9H10F4O2. The molecule has 1 aliphatic rings. The zero-order chi connectivity index (χ0) is 12.0. The minimum atomic E-state index is -3.53. The van der Waals surface area contributed by atoms with E-state index in [9.17, 15) is 22.4 Å². The van der Waals surface area contributed by atoms with Crippen LogP contribution in [-0.4, -0.2) is 17.5 Å². The fourth-order valence-electron chi connectivity index (χ4n) is 1.82. The number of carboxylic acid groups (broad SMARTS) is 1. The molecule has 1 saturated carbocycles. The zero-order valence-corrected chi connectivity index (χ0v) is 8.10. The molecule has 0 radical (unpaired) electrons. The van der Waals surface area contributed by atoms with Gasteiger partial charge in [0.25, 0.3) is 6.43 Å². The van der Waals surface area contributed by atoms with Crippen molar-refractivity contribution in [2.45, 2.75) is 20.3 Å². The highest BCUT2D eigenvalue weighted by Gasteiger charge is 2.65. The van der Waals surface area contributed by atoms with Gasteiger partial charge in [-0.25, -0.2) is 17.6 Å². The fraction of sp³-hybridized carbons (Fsp3) is 0.667. The molecule has 0 saturated heterocycles. The van der Waals surface area contributed by atoms with E-state index in [2.05, 4.69) is 0 Å². The summed E-state index contributed by atoms with van der Waals surface area (Å²) in [7, 11) is 0. The molecule has 15 heavy (non-hydrogen) atoms. The summed E-state index contributed by atoms with van der Waals surface area (Å²) >= 11 is 0. The lowest BCUT2D eigenvalue weighted by molar-refractivity contribution is -0.139. The van der Waals surface area contributed by atoms with E-state index in [1.165, 1.54) is 13.8 Å². The molecule has 6 heteroatoms. The molecule has 2 atom stereocenters. The Morgan fingerprint density at radius 3 is 2.00 bits per heavy atom. The summed E-state index contributed by atoms with van der Waals surface area (Å²) in [6.45, 7) is 2.80. The molecule has 2 unspecified atom stereocenters.